The first-order valence-corrected chi connectivity index (χ1v) is 28.5. The Bertz CT molecular complexity index is 268. The van der Waals surface area contributed by atoms with Crippen LogP contribution in [-0.4, -0.2) is 0 Å². The number of hydrogen-bond acceptors (Lipinski definition) is 0. The van der Waals surface area contributed by atoms with Gasteiger partial charge in [-0.15, -0.1) is 0 Å². The maximum absolute atomic E-state index is 4.99. The first-order chi connectivity index (χ1) is 12.6. The van der Waals surface area contributed by atoms with Gasteiger partial charge in [-0.25, -0.2) is 0 Å². The molecule has 2 saturated carbocycles. The molecule has 0 saturated heterocycles. The van der Waals surface area contributed by atoms with Crippen LogP contribution in [0.15, 0.2) is 0 Å². The van der Waals surface area contributed by atoms with E-state index in [9.17, 15) is 0 Å². The molecule has 0 aliphatic heterocycles. The molecule has 2 rings (SSSR count). The Kier molecular flexibility index (Phi) is 19.8. The van der Waals surface area contributed by atoms with Crippen molar-refractivity contribution < 1.29 is 27.4 Å². The molecule has 2 aliphatic carbocycles. The van der Waals surface area contributed by atoms with E-state index in [1.807, 2.05) is 0 Å². The Labute approximate surface area is 210 Å². The molecule has 10 radical (unpaired) electrons. The molecule has 0 aromatic carbocycles. The van der Waals surface area contributed by atoms with Gasteiger partial charge in [0, 0.05) is 0 Å². The van der Waals surface area contributed by atoms with Crippen molar-refractivity contribution >= 4 is 57.2 Å². The average molecular weight is 856 g/mol. The van der Waals surface area contributed by atoms with Crippen LogP contribution in [0.5, 0.6) is 0 Å². The van der Waals surface area contributed by atoms with Gasteiger partial charge >= 0.3 is 84.6 Å². The zero-order chi connectivity index (χ0) is 22.9. The summed E-state index contributed by atoms with van der Waals surface area (Å²) in [6, 6.07) is 0. The van der Waals surface area contributed by atoms with Gasteiger partial charge in [-0.05, 0) is 59.2 Å². The van der Waals surface area contributed by atoms with Crippen LogP contribution >= 0.6 is 57.2 Å². The van der Waals surface area contributed by atoms with Crippen molar-refractivity contribution in [3.8, 4) is 0 Å². The van der Waals surface area contributed by atoms with E-state index in [4.69, 9.17) is 57.2 Å². The second-order valence-electron chi connectivity index (χ2n) is 6.57. The van der Waals surface area contributed by atoms with Crippen molar-refractivity contribution in [2.45, 2.75) is 69.2 Å². The summed E-state index contributed by atoms with van der Waals surface area (Å²) < 4.78 is 0. The van der Waals surface area contributed by atoms with Gasteiger partial charge in [0.15, 0.2) is 0 Å². The molecule has 8 heteroatoms. The van der Waals surface area contributed by atoms with Gasteiger partial charge in [0.05, 0.1) is 0 Å². The molecule has 28 heavy (non-hydrogen) atoms. The Morgan fingerprint density at radius 1 is 0.286 bits per heavy atom. The van der Waals surface area contributed by atoms with Crippen molar-refractivity contribution in [2.24, 2.45) is 0 Å². The first kappa shape index (κ1) is 33.2. The number of rotatable bonds is 0. The van der Waals surface area contributed by atoms with Crippen molar-refractivity contribution in [2.75, 3.05) is 0 Å². The average Bonchev–Trinajstić information content (AvgIpc) is 2.85. The molecule has 0 unspecified atom stereocenters. The summed E-state index contributed by atoms with van der Waals surface area (Å²) in [6.07, 6.45) is 0. The van der Waals surface area contributed by atoms with E-state index >= 15 is 0 Å². The topological polar surface area (TPSA) is 0 Å². The Morgan fingerprint density at radius 2 is 0.321 bits per heavy atom. The van der Waals surface area contributed by atoms with Gasteiger partial charge in [0.25, 0.3) is 0 Å². The van der Waals surface area contributed by atoms with E-state index < -0.39 is 27.4 Å². The maximum atomic E-state index is 4.99. The van der Waals surface area contributed by atoms with E-state index in [0.29, 0.717) is 0 Å². The second kappa shape index (κ2) is 16.6. The zero-order valence-electron chi connectivity index (χ0n) is 18.0. The molecule has 0 amide bonds. The quantitative estimate of drug-likeness (QED) is 0.228. The predicted octanol–water partition coefficient (Wildman–Crippen LogP) is 10.1. The summed E-state index contributed by atoms with van der Waals surface area (Å²) in [7, 11) is 29.9. The van der Waals surface area contributed by atoms with Crippen molar-refractivity contribution in [1.82, 2.24) is 0 Å². The molecule has 0 N–H and O–H groups in total. The predicted molar refractivity (Wildman–Crippen MR) is 124 cm³/mol. The summed E-state index contributed by atoms with van der Waals surface area (Å²) >= 11 is -4.09. The van der Waals surface area contributed by atoms with Crippen molar-refractivity contribution in [3.05, 3.63) is 59.2 Å². The van der Waals surface area contributed by atoms with E-state index in [1.54, 1.807) is 0 Å². The van der Waals surface area contributed by atoms with Gasteiger partial charge in [0.1, 0.15) is 0 Å². The summed E-state index contributed by atoms with van der Waals surface area (Å²) in [6.45, 7) is 22.0. The van der Waals surface area contributed by atoms with Gasteiger partial charge in [-0.2, -0.15) is 0 Å². The molecular weight excluding hydrogens is 825 g/mol. The molecule has 0 nitrogen and oxygen atoms in total. The third-order valence-corrected chi connectivity index (χ3v) is 5.62. The zero-order valence-corrected chi connectivity index (χ0v) is 28.0. The molecular formula is C20H30Cl6Re2. The molecule has 0 aromatic heterocycles. The van der Waals surface area contributed by atoms with E-state index in [0.717, 1.165) is 0 Å². The van der Waals surface area contributed by atoms with Crippen LogP contribution in [0, 0.1) is 59.2 Å². The minimum atomic E-state index is -2.05. The van der Waals surface area contributed by atoms with Crippen LogP contribution in [0.2, 0.25) is 0 Å². The van der Waals surface area contributed by atoms with Crippen LogP contribution < -0.4 is 0 Å². The standard InChI is InChI=1S/2C10H15.6ClH.2Re/c2*1-6-7(2)9(4)10(5)8(6)3;;;;;;;;/h2*1-5H3;6*1H;;/q;;;;;;;;2*+3/p-6. The van der Waals surface area contributed by atoms with E-state index in [-0.39, 0.29) is 0 Å². The molecule has 2 fully saturated rings. The second-order valence-corrected chi connectivity index (χ2v) is 30.1. The van der Waals surface area contributed by atoms with Gasteiger partial charge < -0.3 is 0 Å². The molecule has 0 spiro atoms. The number of halogens is 6. The molecule has 0 bridgehead atoms. The summed E-state index contributed by atoms with van der Waals surface area (Å²) in [5.74, 6) is 14.7. The van der Waals surface area contributed by atoms with Crippen molar-refractivity contribution in [3.63, 3.8) is 0 Å². The van der Waals surface area contributed by atoms with Crippen LogP contribution in [0.25, 0.3) is 0 Å². The molecule has 166 valence electrons. The van der Waals surface area contributed by atoms with Crippen LogP contribution in [0.4, 0.5) is 0 Å². The summed E-state index contributed by atoms with van der Waals surface area (Å²) in [4.78, 5) is 0. The van der Waals surface area contributed by atoms with E-state index in [2.05, 4.69) is 69.2 Å². The summed E-state index contributed by atoms with van der Waals surface area (Å²) in [5, 5.41) is 0. The first-order valence-electron chi connectivity index (χ1n) is 8.36. The minimum absolute atomic E-state index is 1.47. The molecule has 0 atom stereocenters. The van der Waals surface area contributed by atoms with Crippen LogP contribution in [0.3, 0.4) is 0 Å². The van der Waals surface area contributed by atoms with Crippen molar-refractivity contribution in [1.29, 1.82) is 0 Å². The van der Waals surface area contributed by atoms with Crippen LogP contribution in [-0.2, 0) is 27.4 Å². The van der Waals surface area contributed by atoms with Gasteiger partial charge in [-0.1, -0.05) is 69.2 Å². The third kappa shape index (κ3) is 12.3. The molecule has 0 aromatic rings. The SMILES string of the molecule is C[C]1[C](C)[C](C)[C](C)[C]1C.C[C]1[C](C)[C](C)[C](C)[C]1C.[Cl][Re]([Cl])[Cl].[Cl][Re]([Cl])[Cl]. The van der Waals surface area contributed by atoms with E-state index in [1.165, 1.54) is 59.2 Å². The third-order valence-electron chi connectivity index (χ3n) is 5.62. The Morgan fingerprint density at radius 3 is 0.357 bits per heavy atom. The Balaban J connectivity index is 0. The number of hydrogen-bond donors (Lipinski definition) is 0. The van der Waals surface area contributed by atoms with Gasteiger partial charge in [-0.3, -0.25) is 0 Å². The fourth-order valence-electron chi connectivity index (χ4n) is 2.81. The molecule has 2 aliphatic rings. The fraction of sp³-hybridized carbons (Fsp3) is 0.500. The monoisotopic (exact) mass is 854 g/mol. The summed E-state index contributed by atoms with van der Waals surface area (Å²) in [5.41, 5.74) is 0. The molecule has 0 heterocycles. The fourth-order valence-corrected chi connectivity index (χ4v) is 2.81. The normalized spacial score (nSPS) is 23.6. The Hall–Kier alpha value is 3.06. The van der Waals surface area contributed by atoms with Gasteiger partial charge in [0.2, 0.25) is 0 Å². The van der Waals surface area contributed by atoms with Crippen LogP contribution in [0.1, 0.15) is 69.2 Å².